The van der Waals surface area contributed by atoms with E-state index in [1.54, 1.807) is 0 Å². The summed E-state index contributed by atoms with van der Waals surface area (Å²) >= 11 is 3.31. The second kappa shape index (κ2) is 6.33. The minimum Gasteiger partial charge on any atom is -0.326 e. The zero-order chi connectivity index (χ0) is 14.0. The first-order chi connectivity index (χ1) is 8.99. The number of rotatable bonds is 3. The number of hydrogen-bond donors (Lipinski definition) is 1. The molecule has 4 heteroatoms. The van der Waals surface area contributed by atoms with Gasteiger partial charge in [-0.2, -0.15) is 0 Å². The number of likely N-dealkylation sites (tertiary alicyclic amines) is 1. The van der Waals surface area contributed by atoms with E-state index in [-0.39, 0.29) is 17.9 Å². The van der Waals surface area contributed by atoms with Crippen LogP contribution in [-0.2, 0) is 0 Å². The minimum atomic E-state index is -0.162. The fourth-order valence-electron chi connectivity index (χ4n) is 2.94. The lowest BCUT2D eigenvalue weighted by Gasteiger charge is -2.41. The Bertz CT molecular complexity index is 436. The standard InChI is InChI=1S/C15H22BrFN2/c1-10(2)9-19-7-3-4-14(18)15(19)12-6-5-11(16)8-13(12)17/h5-6,8,10,14-15H,3-4,7,9,18H2,1-2H3. The first kappa shape index (κ1) is 14.9. The van der Waals surface area contributed by atoms with Crippen molar-refractivity contribution in [1.82, 2.24) is 4.90 Å². The van der Waals surface area contributed by atoms with Gasteiger partial charge in [0.1, 0.15) is 5.82 Å². The molecule has 2 unspecified atom stereocenters. The predicted octanol–water partition coefficient (Wildman–Crippen LogP) is 3.71. The first-order valence-corrected chi connectivity index (χ1v) is 7.73. The Labute approximate surface area is 123 Å². The molecule has 1 aromatic rings. The average molecular weight is 329 g/mol. The van der Waals surface area contributed by atoms with Gasteiger partial charge < -0.3 is 5.73 Å². The molecule has 0 bridgehead atoms. The lowest BCUT2D eigenvalue weighted by molar-refractivity contribution is 0.111. The number of nitrogens with two attached hydrogens (primary N) is 1. The highest BCUT2D eigenvalue weighted by Crippen LogP contribution is 2.33. The number of nitrogens with zero attached hydrogens (tertiary/aromatic N) is 1. The number of hydrogen-bond acceptors (Lipinski definition) is 2. The Morgan fingerprint density at radius 3 is 2.84 bits per heavy atom. The molecular weight excluding hydrogens is 307 g/mol. The van der Waals surface area contributed by atoms with Gasteiger partial charge in [-0.15, -0.1) is 0 Å². The Balaban J connectivity index is 2.30. The van der Waals surface area contributed by atoms with E-state index in [4.69, 9.17) is 5.73 Å². The highest BCUT2D eigenvalue weighted by Gasteiger charge is 2.32. The molecule has 19 heavy (non-hydrogen) atoms. The van der Waals surface area contributed by atoms with Crippen molar-refractivity contribution in [3.8, 4) is 0 Å². The van der Waals surface area contributed by atoms with Gasteiger partial charge in [-0.1, -0.05) is 35.8 Å². The molecule has 2 N–H and O–H groups in total. The van der Waals surface area contributed by atoms with Crippen molar-refractivity contribution in [3.05, 3.63) is 34.1 Å². The fraction of sp³-hybridized carbons (Fsp3) is 0.600. The molecule has 1 aliphatic rings. The zero-order valence-corrected chi connectivity index (χ0v) is 13.2. The smallest absolute Gasteiger partial charge is 0.129 e. The molecule has 0 aliphatic carbocycles. The molecule has 0 aromatic heterocycles. The molecule has 1 saturated heterocycles. The van der Waals surface area contributed by atoms with Gasteiger partial charge in [0, 0.05) is 22.6 Å². The van der Waals surface area contributed by atoms with E-state index in [0.717, 1.165) is 36.0 Å². The molecule has 2 nitrogen and oxygen atoms in total. The number of piperidine rings is 1. The van der Waals surface area contributed by atoms with Crippen molar-refractivity contribution in [3.63, 3.8) is 0 Å². The summed E-state index contributed by atoms with van der Waals surface area (Å²) in [6.07, 6.45) is 2.07. The highest BCUT2D eigenvalue weighted by molar-refractivity contribution is 9.10. The van der Waals surface area contributed by atoms with Crippen LogP contribution in [0.1, 0.15) is 38.3 Å². The van der Waals surface area contributed by atoms with Gasteiger partial charge >= 0.3 is 0 Å². The molecule has 0 spiro atoms. The van der Waals surface area contributed by atoms with Gasteiger partial charge in [0.25, 0.3) is 0 Å². The monoisotopic (exact) mass is 328 g/mol. The summed E-state index contributed by atoms with van der Waals surface area (Å²) in [4.78, 5) is 2.34. The van der Waals surface area contributed by atoms with Gasteiger partial charge in [-0.25, -0.2) is 4.39 Å². The third-order valence-electron chi connectivity index (χ3n) is 3.66. The van der Waals surface area contributed by atoms with Crippen LogP contribution >= 0.6 is 15.9 Å². The summed E-state index contributed by atoms with van der Waals surface area (Å²) in [7, 11) is 0. The quantitative estimate of drug-likeness (QED) is 0.916. The number of benzene rings is 1. The normalized spacial score (nSPS) is 24.9. The van der Waals surface area contributed by atoms with Crippen LogP contribution in [0.2, 0.25) is 0 Å². The zero-order valence-electron chi connectivity index (χ0n) is 11.6. The molecule has 1 fully saturated rings. The maximum Gasteiger partial charge on any atom is 0.129 e. The largest absolute Gasteiger partial charge is 0.326 e. The molecule has 1 heterocycles. The Morgan fingerprint density at radius 2 is 2.21 bits per heavy atom. The molecule has 0 radical (unpaired) electrons. The van der Waals surface area contributed by atoms with Crippen molar-refractivity contribution in [1.29, 1.82) is 0 Å². The summed E-state index contributed by atoms with van der Waals surface area (Å²) in [5.41, 5.74) is 7.00. The molecule has 0 saturated carbocycles. The Kier molecular flexibility index (Phi) is 4.98. The van der Waals surface area contributed by atoms with Gasteiger partial charge in [0.05, 0.1) is 6.04 Å². The summed E-state index contributed by atoms with van der Waals surface area (Å²) in [5.74, 6) is 0.400. The van der Waals surface area contributed by atoms with E-state index in [0.29, 0.717) is 5.92 Å². The van der Waals surface area contributed by atoms with Crippen LogP contribution in [-0.4, -0.2) is 24.0 Å². The predicted molar refractivity (Wildman–Crippen MR) is 80.5 cm³/mol. The van der Waals surface area contributed by atoms with Crippen LogP contribution in [0.4, 0.5) is 4.39 Å². The van der Waals surface area contributed by atoms with Crippen molar-refractivity contribution in [2.75, 3.05) is 13.1 Å². The summed E-state index contributed by atoms with van der Waals surface area (Å²) in [6, 6.07) is 5.31. The first-order valence-electron chi connectivity index (χ1n) is 6.93. The summed E-state index contributed by atoms with van der Waals surface area (Å²) in [6.45, 7) is 6.35. The Hall–Kier alpha value is -0.450. The lowest BCUT2D eigenvalue weighted by atomic mass is 9.90. The second-order valence-corrected chi connectivity index (χ2v) is 6.72. The highest BCUT2D eigenvalue weighted by atomic mass is 79.9. The average Bonchev–Trinajstić information content (AvgIpc) is 2.30. The van der Waals surface area contributed by atoms with Crippen molar-refractivity contribution in [2.24, 2.45) is 11.7 Å². The van der Waals surface area contributed by atoms with E-state index >= 15 is 0 Å². The number of halogens is 2. The lowest BCUT2D eigenvalue weighted by Crippen LogP contribution is -2.47. The molecule has 0 amide bonds. The van der Waals surface area contributed by atoms with Gasteiger partial charge in [0.2, 0.25) is 0 Å². The SMILES string of the molecule is CC(C)CN1CCCC(N)C1c1ccc(Br)cc1F. The van der Waals surface area contributed by atoms with E-state index in [2.05, 4.69) is 34.7 Å². The molecule has 2 rings (SSSR count). The minimum absolute atomic E-state index is 0.00394. The van der Waals surface area contributed by atoms with Crippen LogP contribution in [0.15, 0.2) is 22.7 Å². The maximum atomic E-state index is 14.2. The molecule has 106 valence electrons. The van der Waals surface area contributed by atoms with Gasteiger partial charge in [-0.05, 0) is 37.4 Å². The molecule has 1 aromatic carbocycles. The summed E-state index contributed by atoms with van der Waals surface area (Å²) in [5, 5.41) is 0. The molecular formula is C15H22BrFN2. The van der Waals surface area contributed by atoms with E-state index in [1.165, 1.54) is 6.07 Å². The van der Waals surface area contributed by atoms with Crippen LogP contribution in [0.5, 0.6) is 0 Å². The molecule has 2 atom stereocenters. The van der Waals surface area contributed by atoms with E-state index < -0.39 is 0 Å². The van der Waals surface area contributed by atoms with Crippen LogP contribution in [0.25, 0.3) is 0 Å². The van der Waals surface area contributed by atoms with E-state index in [1.807, 2.05) is 12.1 Å². The maximum absolute atomic E-state index is 14.2. The summed E-state index contributed by atoms with van der Waals surface area (Å²) < 4.78 is 15.0. The van der Waals surface area contributed by atoms with Crippen LogP contribution < -0.4 is 5.73 Å². The third-order valence-corrected chi connectivity index (χ3v) is 4.16. The van der Waals surface area contributed by atoms with E-state index in [9.17, 15) is 4.39 Å². The topological polar surface area (TPSA) is 29.3 Å². The second-order valence-electron chi connectivity index (χ2n) is 5.81. The van der Waals surface area contributed by atoms with Gasteiger partial charge in [-0.3, -0.25) is 4.90 Å². The van der Waals surface area contributed by atoms with Crippen molar-refractivity contribution in [2.45, 2.75) is 38.8 Å². The Morgan fingerprint density at radius 1 is 1.47 bits per heavy atom. The van der Waals surface area contributed by atoms with Crippen LogP contribution in [0, 0.1) is 11.7 Å². The van der Waals surface area contributed by atoms with Crippen molar-refractivity contribution >= 4 is 15.9 Å². The fourth-order valence-corrected chi connectivity index (χ4v) is 3.27. The van der Waals surface area contributed by atoms with Crippen molar-refractivity contribution < 1.29 is 4.39 Å². The third kappa shape index (κ3) is 3.56. The molecule has 1 aliphatic heterocycles. The van der Waals surface area contributed by atoms with Gasteiger partial charge in [0.15, 0.2) is 0 Å². The van der Waals surface area contributed by atoms with Crippen LogP contribution in [0.3, 0.4) is 0 Å².